The summed E-state index contributed by atoms with van der Waals surface area (Å²) in [5.41, 5.74) is 2.10. The van der Waals surface area contributed by atoms with Gasteiger partial charge >= 0.3 is 0 Å². The molecule has 0 radical (unpaired) electrons. The molecule has 0 saturated heterocycles. The highest BCUT2D eigenvalue weighted by molar-refractivity contribution is 7.16. The van der Waals surface area contributed by atoms with E-state index in [1.165, 1.54) is 11.3 Å². The zero-order valence-corrected chi connectivity index (χ0v) is 11.5. The lowest BCUT2D eigenvalue weighted by Gasteiger charge is -2.07. The van der Waals surface area contributed by atoms with Crippen LogP contribution >= 0.6 is 11.3 Å². The fraction of sp³-hybridized carbons (Fsp3) is 0.286. The van der Waals surface area contributed by atoms with Crippen molar-refractivity contribution < 1.29 is 9.53 Å². The van der Waals surface area contributed by atoms with Crippen LogP contribution in [-0.4, -0.2) is 17.4 Å². The van der Waals surface area contributed by atoms with Crippen molar-refractivity contribution in [1.82, 2.24) is 4.98 Å². The number of Topliss-reactive ketones (excluding diaryl/α,β-unsaturated/α-hetero) is 1. The largest absolute Gasteiger partial charge is 0.494 e. The van der Waals surface area contributed by atoms with Crippen LogP contribution in [0.5, 0.6) is 5.75 Å². The van der Waals surface area contributed by atoms with E-state index < -0.39 is 0 Å². The molecule has 0 aliphatic rings. The smallest absolute Gasteiger partial charge is 0.171 e. The SMILES string of the molecule is CCOc1ccc(-c2ncc(C(C)=O)s2)cc1C. The standard InChI is InChI=1S/C14H15NO2S/c1-4-17-12-6-5-11(7-9(12)2)14-15-8-13(18-14)10(3)16/h5-8H,4H2,1-3H3. The van der Waals surface area contributed by atoms with Crippen molar-refractivity contribution in [1.29, 1.82) is 0 Å². The van der Waals surface area contributed by atoms with Crippen LogP contribution < -0.4 is 4.74 Å². The molecule has 0 unspecified atom stereocenters. The van der Waals surface area contributed by atoms with Gasteiger partial charge in [-0.1, -0.05) is 0 Å². The number of thiazole rings is 1. The summed E-state index contributed by atoms with van der Waals surface area (Å²) in [7, 11) is 0. The maximum atomic E-state index is 11.2. The van der Waals surface area contributed by atoms with Gasteiger partial charge in [0.2, 0.25) is 0 Å². The number of hydrogen-bond donors (Lipinski definition) is 0. The molecule has 18 heavy (non-hydrogen) atoms. The first-order valence-corrected chi connectivity index (χ1v) is 6.64. The van der Waals surface area contributed by atoms with E-state index in [-0.39, 0.29) is 5.78 Å². The molecule has 4 heteroatoms. The minimum atomic E-state index is 0.0569. The van der Waals surface area contributed by atoms with E-state index in [1.54, 1.807) is 13.1 Å². The highest BCUT2D eigenvalue weighted by Gasteiger charge is 2.09. The Balaban J connectivity index is 2.33. The average molecular weight is 261 g/mol. The van der Waals surface area contributed by atoms with Gasteiger partial charge in [0.15, 0.2) is 5.78 Å². The summed E-state index contributed by atoms with van der Waals surface area (Å²) >= 11 is 1.42. The van der Waals surface area contributed by atoms with Crippen molar-refractivity contribution in [3.8, 4) is 16.3 Å². The quantitative estimate of drug-likeness (QED) is 0.787. The number of rotatable bonds is 4. The van der Waals surface area contributed by atoms with Crippen LogP contribution in [0.1, 0.15) is 29.1 Å². The molecule has 1 aromatic carbocycles. The number of nitrogens with zero attached hydrogens (tertiary/aromatic N) is 1. The first-order chi connectivity index (χ1) is 8.61. The highest BCUT2D eigenvalue weighted by Crippen LogP contribution is 2.29. The number of aryl methyl sites for hydroxylation is 1. The average Bonchev–Trinajstić information content (AvgIpc) is 2.81. The second-order valence-electron chi connectivity index (χ2n) is 4.00. The number of carbonyl (C=O) groups is 1. The normalized spacial score (nSPS) is 10.4. The summed E-state index contributed by atoms with van der Waals surface area (Å²) in [6, 6.07) is 5.96. The van der Waals surface area contributed by atoms with Crippen molar-refractivity contribution in [2.45, 2.75) is 20.8 Å². The molecule has 0 N–H and O–H groups in total. The third-order valence-corrected chi connectivity index (χ3v) is 3.72. The van der Waals surface area contributed by atoms with E-state index >= 15 is 0 Å². The number of hydrogen-bond acceptors (Lipinski definition) is 4. The van der Waals surface area contributed by atoms with Gasteiger partial charge in [-0.25, -0.2) is 4.98 Å². The van der Waals surface area contributed by atoms with E-state index in [0.29, 0.717) is 11.5 Å². The lowest BCUT2D eigenvalue weighted by molar-refractivity contribution is 0.102. The Morgan fingerprint density at radius 2 is 2.22 bits per heavy atom. The van der Waals surface area contributed by atoms with E-state index in [2.05, 4.69) is 4.98 Å². The minimum absolute atomic E-state index is 0.0569. The van der Waals surface area contributed by atoms with Gasteiger partial charge in [-0.3, -0.25) is 4.79 Å². The van der Waals surface area contributed by atoms with E-state index in [9.17, 15) is 4.79 Å². The molecular weight excluding hydrogens is 246 g/mol. The fourth-order valence-corrected chi connectivity index (χ4v) is 2.48. The topological polar surface area (TPSA) is 39.2 Å². The van der Waals surface area contributed by atoms with Crippen LogP contribution in [0.2, 0.25) is 0 Å². The maximum Gasteiger partial charge on any atom is 0.171 e. The van der Waals surface area contributed by atoms with Crippen LogP contribution in [0.25, 0.3) is 10.6 Å². The summed E-state index contributed by atoms with van der Waals surface area (Å²) in [5.74, 6) is 0.950. The molecule has 0 atom stereocenters. The molecular formula is C14H15NO2S. The Morgan fingerprint density at radius 1 is 1.44 bits per heavy atom. The number of ether oxygens (including phenoxy) is 1. The lowest BCUT2D eigenvalue weighted by Crippen LogP contribution is -1.93. The van der Waals surface area contributed by atoms with Crippen LogP contribution in [0, 0.1) is 6.92 Å². The minimum Gasteiger partial charge on any atom is -0.494 e. The van der Waals surface area contributed by atoms with Crippen molar-refractivity contribution in [2.75, 3.05) is 6.61 Å². The summed E-state index contributed by atoms with van der Waals surface area (Å²) < 4.78 is 5.50. The van der Waals surface area contributed by atoms with Gasteiger partial charge in [0.1, 0.15) is 10.8 Å². The number of aromatic nitrogens is 1. The number of ketones is 1. The molecule has 2 aromatic rings. The second kappa shape index (κ2) is 5.31. The van der Waals surface area contributed by atoms with Crippen LogP contribution in [0.4, 0.5) is 0 Å². The summed E-state index contributed by atoms with van der Waals surface area (Å²) in [5, 5.41) is 0.867. The molecule has 1 heterocycles. The van der Waals surface area contributed by atoms with E-state index in [0.717, 1.165) is 21.9 Å². The van der Waals surface area contributed by atoms with Crippen molar-refractivity contribution in [3.63, 3.8) is 0 Å². The van der Waals surface area contributed by atoms with Gasteiger partial charge in [0.25, 0.3) is 0 Å². The Labute approximate surface area is 110 Å². The maximum absolute atomic E-state index is 11.2. The summed E-state index contributed by atoms with van der Waals surface area (Å²) in [6.45, 7) is 6.19. The second-order valence-corrected chi connectivity index (χ2v) is 5.03. The summed E-state index contributed by atoms with van der Waals surface area (Å²) in [6.07, 6.45) is 1.63. The zero-order valence-electron chi connectivity index (χ0n) is 10.7. The third kappa shape index (κ3) is 2.59. The predicted octanol–water partition coefficient (Wildman–Crippen LogP) is 3.72. The molecule has 0 spiro atoms. The van der Waals surface area contributed by atoms with Gasteiger partial charge in [-0.2, -0.15) is 0 Å². The first kappa shape index (κ1) is 12.8. The fourth-order valence-electron chi connectivity index (χ4n) is 1.67. The zero-order chi connectivity index (χ0) is 13.1. The Morgan fingerprint density at radius 3 is 2.78 bits per heavy atom. The highest BCUT2D eigenvalue weighted by atomic mass is 32.1. The molecule has 3 nitrogen and oxygen atoms in total. The Bertz CT molecular complexity index is 575. The van der Waals surface area contributed by atoms with Gasteiger partial charge in [0, 0.05) is 18.7 Å². The van der Waals surface area contributed by atoms with Gasteiger partial charge in [-0.15, -0.1) is 11.3 Å². The van der Waals surface area contributed by atoms with Crippen molar-refractivity contribution in [2.24, 2.45) is 0 Å². The molecule has 0 aliphatic heterocycles. The van der Waals surface area contributed by atoms with Crippen molar-refractivity contribution in [3.05, 3.63) is 34.8 Å². The van der Waals surface area contributed by atoms with E-state index in [1.807, 2.05) is 32.0 Å². The first-order valence-electron chi connectivity index (χ1n) is 5.82. The van der Waals surface area contributed by atoms with Crippen LogP contribution in [0.3, 0.4) is 0 Å². The molecule has 0 aliphatic carbocycles. The summed E-state index contributed by atoms with van der Waals surface area (Å²) in [4.78, 5) is 16.2. The Kier molecular flexibility index (Phi) is 3.77. The molecule has 2 rings (SSSR count). The van der Waals surface area contributed by atoms with Crippen LogP contribution in [0.15, 0.2) is 24.4 Å². The Hall–Kier alpha value is -1.68. The predicted molar refractivity (Wildman–Crippen MR) is 73.5 cm³/mol. The molecule has 0 bridgehead atoms. The molecule has 0 fully saturated rings. The van der Waals surface area contributed by atoms with Crippen LogP contribution in [-0.2, 0) is 0 Å². The molecule has 0 saturated carbocycles. The molecule has 1 aromatic heterocycles. The van der Waals surface area contributed by atoms with Gasteiger partial charge in [0.05, 0.1) is 11.5 Å². The third-order valence-electron chi connectivity index (χ3n) is 2.57. The molecule has 0 amide bonds. The number of carbonyl (C=O) groups excluding carboxylic acids is 1. The van der Waals surface area contributed by atoms with Gasteiger partial charge in [-0.05, 0) is 37.6 Å². The molecule has 94 valence electrons. The lowest BCUT2D eigenvalue weighted by atomic mass is 10.1. The number of benzene rings is 1. The van der Waals surface area contributed by atoms with E-state index in [4.69, 9.17) is 4.74 Å². The monoisotopic (exact) mass is 261 g/mol. The van der Waals surface area contributed by atoms with Gasteiger partial charge < -0.3 is 4.74 Å². The van der Waals surface area contributed by atoms with Crippen molar-refractivity contribution >= 4 is 17.1 Å².